The first kappa shape index (κ1) is 21.9. The molecule has 0 saturated heterocycles. The second-order valence-corrected chi connectivity index (χ2v) is 6.69. The molecule has 7 nitrogen and oxygen atoms in total. The maximum Gasteiger partial charge on any atom is 0.412 e. The normalized spacial score (nSPS) is 13.1. The van der Waals surface area contributed by atoms with Crippen LogP contribution < -0.4 is 5.32 Å². The number of hydrogen-bond donors (Lipinski definition) is 3. The lowest BCUT2D eigenvalue weighted by atomic mass is 10.0. The molecule has 0 aliphatic rings. The summed E-state index contributed by atoms with van der Waals surface area (Å²) in [6, 6.07) is 19.2. The van der Waals surface area contributed by atoms with E-state index in [1.807, 2.05) is 36.4 Å². The van der Waals surface area contributed by atoms with E-state index in [4.69, 9.17) is 14.6 Å². The molecule has 2 atom stereocenters. The van der Waals surface area contributed by atoms with Gasteiger partial charge in [-0.2, -0.15) is 0 Å². The van der Waals surface area contributed by atoms with E-state index in [2.05, 4.69) is 5.32 Å². The average molecular weight is 421 g/mol. The van der Waals surface area contributed by atoms with Crippen molar-refractivity contribution in [3.8, 4) is 5.75 Å². The maximum atomic E-state index is 12.8. The van der Waals surface area contributed by atoms with Crippen LogP contribution in [0.25, 0.3) is 10.8 Å². The number of carbonyl (C=O) groups is 2. The van der Waals surface area contributed by atoms with E-state index >= 15 is 0 Å². The maximum absolute atomic E-state index is 12.8. The Morgan fingerprint density at radius 3 is 2.45 bits per heavy atom. The van der Waals surface area contributed by atoms with Crippen molar-refractivity contribution in [2.24, 2.45) is 0 Å². The zero-order chi connectivity index (χ0) is 22.2. The first-order chi connectivity index (χ1) is 15.0. The molecule has 0 spiro atoms. The van der Waals surface area contributed by atoms with Crippen molar-refractivity contribution in [1.29, 1.82) is 0 Å². The van der Waals surface area contributed by atoms with E-state index in [0.717, 1.165) is 16.8 Å². The van der Waals surface area contributed by atoms with Gasteiger partial charge in [0.25, 0.3) is 0 Å². The number of anilines is 1. The van der Waals surface area contributed by atoms with Gasteiger partial charge in [-0.3, -0.25) is 5.32 Å². The van der Waals surface area contributed by atoms with Crippen molar-refractivity contribution in [1.82, 2.24) is 0 Å². The number of carboxylic acid groups (broad SMARTS) is 1. The predicted octanol–water partition coefficient (Wildman–Crippen LogP) is 4.88. The summed E-state index contributed by atoms with van der Waals surface area (Å²) in [5.74, 6) is -1.09. The number of carbonyl (C=O) groups excluding carboxylic acids is 1. The topological polar surface area (TPSA) is 105 Å². The first-order valence-corrected chi connectivity index (χ1v) is 9.75. The van der Waals surface area contributed by atoms with Gasteiger partial charge in [-0.05, 0) is 42.1 Å². The minimum absolute atomic E-state index is 0.0525. The third kappa shape index (κ3) is 5.83. The van der Waals surface area contributed by atoms with Crippen LogP contribution in [0.1, 0.15) is 18.6 Å². The Labute approximate surface area is 179 Å². The van der Waals surface area contributed by atoms with Crippen LogP contribution in [-0.2, 0) is 14.3 Å². The van der Waals surface area contributed by atoms with Gasteiger partial charge in [0.15, 0.2) is 6.10 Å². The van der Waals surface area contributed by atoms with Gasteiger partial charge in [0, 0.05) is 18.1 Å². The Balaban J connectivity index is 1.88. The number of phenols is 1. The van der Waals surface area contributed by atoms with Crippen molar-refractivity contribution in [2.75, 3.05) is 11.9 Å². The third-order valence-electron chi connectivity index (χ3n) is 4.57. The van der Waals surface area contributed by atoms with Crippen LogP contribution in [0.5, 0.6) is 5.75 Å². The van der Waals surface area contributed by atoms with Gasteiger partial charge in [-0.1, -0.05) is 48.5 Å². The van der Waals surface area contributed by atoms with Crippen LogP contribution in [0.4, 0.5) is 10.5 Å². The molecule has 31 heavy (non-hydrogen) atoms. The molecule has 0 saturated carbocycles. The molecule has 0 bridgehead atoms. The summed E-state index contributed by atoms with van der Waals surface area (Å²) in [5, 5.41) is 23.2. The fraction of sp³-hybridized carbons (Fsp3) is 0.167. The first-order valence-electron chi connectivity index (χ1n) is 9.75. The summed E-state index contributed by atoms with van der Waals surface area (Å²) in [5.41, 5.74) is 1.13. The van der Waals surface area contributed by atoms with Crippen LogP contribution in [0, 0.1) is 0 Å². The number of aromatic hydroxyl groups is 1. The van der Waals surface area contributed by atoms with Crippen LogP contribution in [0.3, 0.4) is 0 Å². The van der Waals surface area contributed by atoms with Crippen LogP contribution >= 0.6 is 0 Å². The Morgan fingerprint density at radius 1 is 1.03 bits per heavy atom. The van der Waals surface area contributed by atoms with Gasteiger partial charge in [0.1, 0.15) is 11.9 Å². The largest absolute Gasteiger partial charge is 0.508 e. The lowest BCUT2D eigenvalue weighted by molar-refractivity contribution is -0.131. The summed E-state index contributed by atoms with van der Waals surface area (Å²) >= 11 is 0. The Morgan fingerprint density at radius 2 is 1.74 bits per heavy atom. The van der Waals surface area contributed by atoms with E-state index in [1.165, 1.54) is 18.2 Å². The Hall–Kier alpha value is -3.84. The number of aliphatic carboxylic acids is 1. The fourth-order valence-electron chi connectivity index (χ4n) is 3.19. The van der Waals surface area contributed by atoms with Crippen molar-refractivity contribution in [3.63, 3.8) is 0 Å². The molecule has 0 aromatic heterocycles. The van der Waals surface area contributed by atoms with Gasteiger partial charge in [0.2, 0.25) is 0 Å². The second kappa shape index (κ2) is 10.3. The molecular formula is C24H23NO6. The van der Waals surface area contributed by atoms with Crippen molar-refractivity contribution < 1.29 is 29.3 Å². The van der Waals surface area contributed by atoms with E-state index in [0.29, 0.717) is 11.3 Å². The van der Waals surface area contributed by atoms with Gasteiger partial charge < -0.3 is 19.7 Å². The number of benzene rings is 3. The smallest absolute Gasteiger partial charge is 0.412 e. The number of ether oxygens (including phenoxy) is 2. The molecule has 0 heterocycles. The molecule has 0 fully saturated rings. The third-order valence-corrected chi connectivity index (χ3v) is 4.57. The predicted molar refractivity (Wildman–Crippen MR) is 117 cm³/mol. The zero-order valence-electron chi connectivity index (χ0n) is 16.9. The highest BCUT2D eigenvalue weighted by molar-refractivity contribution is 6.00. The number of rotatable bonds is 8. The fourth-order valence-corrected chi connectivity index (χ4v) is 3.19. The molecule has 1 amide bonds. The lowest BCUT2D eigenvalue weighted by Crippen LogP contribution is -2.28. The highest BCUT2D eigenvalue weighted by atomic mass is 16.6. The van der Waals surface area contributed by atoms with Crippen LogP contribution in [-0.4, -0.2) is 35.0 Å². The molecule has 3 N–H and O–H groups in total. The number of amides is 1. The number of carboxylic acids is 1. The molecule has 0 aliphatic carbocycles. The molecule has 160 valence electrons. The van der Waals surface area contributed by atoms with E-state index in [1.54, 1.807) is 25.1 Å². The molecule has 0 aliphatic heterocycles. The van der Waals surface area contributed by atoms with Gasteiger partial charge in [-0.15, -0.1) is 0 Å². The monoisotopic (exact) mass is 421 g/mol. The SMILES string of the molecule is CCO[C@H](/C=C/C(=O)O)[C@H](OC(=O)Nc1cccc2ccccc12)c1ccc(O)cc1. The summed E-state index contributed by atoms with van der Waals surface area (Å²) in [7, 11) is 0. The molecule has 3 aromatic carbocycles. The molecule has 0 radical (unpaired) electrons. The van der Waals surface area contributed by atoms with Gasteiger partial charge in [-0.25, -0.2) is 9.59 Å². The minimum atomic E-state index is -1.14. The van der Waals surface area contributed by atoms with Crippen LogP contribution in [0.2, 0.25) is 0 Å². The highest BCUT2D eigenvalue weighted by Gasteiger charge is 2.26. The summed E-state index contributed by atoms with van der Waals surface area (Å²) < 4.78 is 11.3. The standard InChI is InChI=1S/C24H23NO6/c1-2-30-21(14-15-22(27)28)23(17-10-12-18(26)13-11-17)31-24(29)25-20-9-5-7-16-6-3-4-8-19(16)20/h3-15,21,23,26H,2H2,1H3,(H,25,29)(H,27,28)/b15-14+/t21-,23-/m1/s1. The number of phenolic OH excluding ortho intramolecular Hbond substituents is 1. The van der Waals surface area contributed by atoms with E-state index < -0.39 is 24.3 Å². The quantitative estimate of drug-likeness (QED) is 0.448. The lowest BCUT2D eigenvalue weighted by Gasteiger charge is -2.25. The van der Waals surface area contributed by atoms with E-state index in [9.17, 15) is 14.7 Å². The molecule has 3 aromatic rings. The number of fused-ring (bicyclic) bond motifs is 1. The zero-order valence-corrected chi connectivity index (χ0v) is 16.9. The molecule has 7 heteroatoms. The van der Waals surface area contributed by atoms with Crippen LogP contribution in [0.15, 0.2) is 78.9 Å². The van der Waals surface area contributed by atoms with Gasteiger partial charge in [0.05, 0.1) is 5.69 Å². The molecular weight excluding hydrogens is 398 g/mol. The number of hydrogen-bond acceptors (Lipinski definition) is 5. The van der Waals surface area contributed by atoms with E-state index in [-0.39, 0.29) is 12.4 Å². The Kier molecular flexibility index (Phi) is 7.24. The summed E-state index contributed by atoms with van der Waals surface area (Å²) in [4.78, 5) is 23.8. The summed E-state index contributed by atoms with van der Waals surface area (Å²) in [6.07, 6.45) is -0.230. The Bertz CT molecular complexity index is 1070. The summed E-state index contributed by atoms with van der Waals surface area (Å²) in [6.45, 7) is 2.03. The minimum Gasteiger partial charge on any atom is -0.508 e. The molecule has 0 unspecified atom stereocenters. The van der Waals surface area contributed by atoms with Crippen molar-refractivity contribution in [3.05, 3.63) is 84.4 Å². The molecule has 3 rings (SSSR count). The highest BCUT2D eigenvalue weighted by Crippen LogP contribution is 2.28. The van der Waals surface area contributed by atoms with Gasteiger partial charge >= 0.3 is 12.1 Å². The number of nitrogens with one attached hydrogen (secondary N) is 1. The second-order valence-electron chi connectivity index (χ2n) is 6.69. The van der Waals surface area contributed by atoms with Crippen molar-refractivity contribution >= 4 is 28.5 Å². The average Bonchev–Trinajstić information content (AvgIpc) is 2.76. The van der Waals surface area contributed by atoms with Crippen molar-refractivity contribution in [2.45, 2.75) is 19.1 Å².